The van der Waals surface area contributed by atoms with E-state index < -0.39 is 5.97 Å². The fourth-order valence-electron chi connectivity index (χ4n) is 0.670. The van der Waals surface area contributed by atoms with Crippen LogP contribution in [0.1, 0.15) is 26.2 Å². The molecule has 0 heterocycles. The van der Waals surface area contributed by atoms with Gasteiger partial charge in [-0.3, -0.25) is 4.79 Å². The van der Waals surface area contributed by atoms with Crippen LogP contribution in [0.2, 0.25) is 0 Å². The Morgan fingerprint density at radius 2 is 1.86 bits per heavy atom. The molecule has 0 saturated carbocycles. The number of carboxylic acids is 1. The molecule has 2 nitrogen and oxygen atoms in total. The summed E-state index contributed by atoms with van der Waals surface area (Å²) in [6.45, 7) is 1.98. The maximum Gasteiger partial charge on any atom is 1.00 e. The van der Waals surface area contributed by atoms with E-state index in [9.17, 15) is 4.79 Å². The summed E-state index contributed by atoms with van der Waals surface area (Å²) in [5.74, 6) is -0.693. The minimum Gasteiger partial charge on any atom is -0.481 e. The predicted octanol–water partition coefficient (Wildman–Crippen LogP) is -0.248. The van der Waals surface area contributed by atoms with Crippen molar-refractivity contribution in [1.82, 2.24) is 0 Å². The topological polar surface area (TPSA) is 37.3 Å². The van der Waals surface area contributed by atoms with Gasteiger partial charge in [0.15, 0.2) is 0 Å². The van der Waals surface area contributed by atoms with E-state index in [0.29, 0.717) is 6.42 Å². The van der Waals surface area contributed by atoms with Crippen molar-refractivity contribution in [1.29, 1.82) is 0 Å². The van der Waals surface area contributed by atoms with E-state index in [4.69, 9.17) is 5.11 Å². The molecule has 3 heteroatoms. The van der Waals surface area contributed by atoms with Crippen molar-refractivity contribution < 1.29 is 28.8 Å². The Morgan fingerprint density at radius 3 is 2.00 bits per heavy atom. The molecule has 0 atom stereocenters. The normalized spacial score (nSPS) is 7.79. The van der Waals surface area contributed by atoms with Crippen molar-refractivity contribution in [2.75, 3.05) is 0 Å². The van der Waals surface area contributed by atoms with Crippen molar-refractivity contribution >= 4 is 5.97 Å². The molecule has 1 aromatic rings. The van der Waals surface area contributed by atoms with E-state index in [2.05, 4.69) is 6.07 Å². The number of hydrogen-bond acceptors (Lipinski definition) is 1. The summed E-state index contributed by atoms with van der Waals surface area (Å²) in [7, 11) is 0. The third-order valence-electron chi connectivity index (χ3n) is 1.35. The number of benzene rings is 1. The van der Waals surface area contributed by atoms with Gasteiger partial charge in [0.05, 0.1) is 0 Å². The molecule has 72 valence electrons. The fourth-order valence-corrected chi connectivity index (χ4v) is 0.670. The smallest absolute Gasteiger partial charge is 0.481 e. The Morgan fingerprint density at radius 1 is 1.29 bits per heavy atom. The second-order valence-corrected chi connectivity index (χ2v) is 2.57. The van der Waals surface area contributed by atoms with Gasteiger partial charge in [0.25, 0.3) is 0 Å². The van der Waals surface area contributed by atoms with Gasteiger partial charge in [-0.1, -0.05) is 13.3 Å². The quantitative estimate of drug-likeness (QED) is 0.522. The maximum atomic E-state index is 9.76. The third-order valence-corrected chi connectivity index (χ3v) is 1.35. The number of carbonyl (C=O) groups is 1. The summed E-state index contributed by atoms with van der Waals surface area (Å²) in [6, 6.07) is 12.5. The van der Waals surface area contributed by atoms with Gasteiger partial charge in [-0.15, -0.1) is 0 Å². The molecule has 0 amide bonds. The Balaban J connectivity index is 0. The Hall–Kier alpha value is -0.713. The molecule has 0 unspecified atom stereocenters. The second-order valence-electron chi connectivity index (χ2n) is 2.57. The Bertz CT molecular complexity index is 185. The van der Waals surface area contributed by atoms with Crippen LogP contribution < -0.4 is 18.9 Å². The SMILES string of the molecule is CCCCC(=O)O.[Li+].[c-]1ccccc1. The first-order valence-electron chi connectivity index (χ1n) is 4.40. The maximum absolute atomic E-state index is 9.76. The van der Waals surface area contributed by atoms with E-state index in [1.807, 2.05) is 37.3 Å². The van der Waals surface area contributed by atoms with Gasteiger partial charge in [0, 0.05) is 6.42 Å². The minimum atomic E-state index is -0.693. The van der Waals surface area contributed by atoms with Crippen LogP contribution in [0, 0.1) is 6.07 Å². The Labute approximate surface area is 97.5 Å². The summed E-state index contributed by atoms with van der Waals surface area (Å²) >= 11 is 0. The first-order valence-corrected chi connectivity index (χ1v) is 4.40. The summed E-state index contributed by atoms with van der Waals surface area (Å²) < 4.78 is 0. The van der Waals surface area contributed by atoms with Gasteiger partial charge in [-0.2, -0.15) is 36.4 Å². The number of unbranched alkanes of at least 4 members (excludes halogenated alkanes) is 1. The van der Waals surface area contributed by atoms with Crippen molar-refractivity contribution in [2.45, 2.75) is 26.2 Å². The van der Waals surface area contributed by atoms with E-state index in [1.54, 1.807) is 0 Å². The monoisotopic (exact) mass is 186 g/mol. The molecule has 0 aliphatic rings. The third kappa shape index (κ3) is 13.8. The molecule has 1 N–H and O–H groups in total. The molecule has 0 aromatic heterocycles. The van der Waals surface area contributed by atoms with Crippen LogP contribution in [-0.4, -0.2) is 11.1 Å². The van der Waals surface area contributed by atoms with E-state index in [1.165, 1.54) is 0 Å². The molecule has 0 spiro atoms. The zero-order valence-electron chi connectivity index (χ0n) is 8.86. The largest absolute Gasteiger partial charge is 1.00 e. The van der Waals surface area contributed by atoms with Crippen molar-refractivity contribution in [2.24, 2.45) is 0 Å². The number of rotatable bonds is 3. The number of carboxylic acid groups (broad SMARTS) is 1. The molecular formula is C11H15LiO2. The van der Waals surface area contributed by atoms with Gasteiger partial charge in [-0.25, -0.2) is 0 Å². The van der Waals surface area contributed by atoms with Crippen molar-refractivity contribution in [3.8, 4) is 0 Å². The van der Waals surface area contributed by atoms with Crippen molar-refractivity contribution in [3.63, 3.8) is 0 Å². The zero-order valence-corrected chi connectivity index (χ0v) is 8.86. The van der Waals surface area contributed by atoms with Crippen molar-refractivity contribution in [3.05, 3.63) is 36.4 Å². The first-order chi connectivity index (χ1) is 6.27. The molecule has 0 bridgehead atoms. The average Bonchev–Trinajstić information content (AvgIpc) is 2.18. The molecule has 0 aliphatic heterocycles. The van der Waals surface area contributed by atoms with Crippen LogP contribution >= 0.6 is 0 Å². The number of hydrogen-bond donors (Lipinski definition) is 1. The number of aliphatic carboxylic acids is 1. The minimum absolute atomic E-state index is 0. The van der Waals surface area contributed by atoms with E-state index in [-0.39, 0.29) is 18.9 Å². The average molecular weight is 186 g/mol. The fraction of sp³-hybridized carbons (Fsp3) is 0.364. The van der Waals surface area contributed by atoms with Gasteiger partial charge < -0.3 is 5.11 Å². The first kappa shape index (κ1) is 15.7. The zero-order chi connectivity index (χ0) is 9.94. The van der Waals surface area contributed by atoms with Crippen LogP contribution in [0.5, 0.6) is 0 Å². The van der Waals surface area contributed by atoms with Crippen LogP contribution in [-0.2, 0) is 4.79 Å². The van der Waals surface area contributed by atoms with Crippen LogP contribution in [0.25, 0.3) is 0 Å². The molecule has 1 aromatic carbocycles. The molecule has 0 fully saturated rings. The second kappa shape index (κ2) is 12.3. The van der Waals surface area contributed by atoms with Crippen LogP contribution in [0.15, 0.2) is 30.3 Å². The van der Waals surface area contributed by atoms with Gasteiger partial charge in [-0.05, 0) is 6.42 Å². The molecule has 0 aliphatic carbocycles. The Kier molecular flexibility index (Phi) is 13.8. The van der Waals surface area contributed by atoms with Gasteiger partial charge >= 0.3 is 24.8 Å². The summed E-state index contributed by atoms with van der Waals surface area (Å²) in [5.41, 5.74) is 0. The van der Waals surface area contributed by atoms with Gasteiger partial charge in [0.2, 0.25) is 0 Å². The predicted molar refractivity (Wildman–Crippen MR) is 52.4 cm³/mol. The summed E-state index contributed by atoms with van der Waals surface area (Å²) in [4.78, 5) is 9.76. The molecule has 1 rings (SSSR count). The summed E-state index contributed by atoms with van der Waals surface area (Å²) in [5, 5.41) is 8.04. The standard InChI is InChI=1S/C6H5.C5H10O2.Li/c1-2-4-6-5-3-1;1-2-3-4-5(6)7;/h1-5H;2-4H2,1H3,(H,6,7);/q-1;;+1. The summed E-state index contributed by atoms with van der Waals surface area (Å²) in [6.07, 6.45) is 2.08. The van der Waals surface area contributed by atoms with E-state index in [0.717, 1.165) is 12.8 Å². The van der Waals surface area contributed by atoms with Crippen LogP contribution in [0.4, 0.5) is 0 Å². The van der Waals surface area contributed by atoms with Crippen LogP contribution in [0.3, 0.4) is 0 Å². The molecular weight excluding hydrogens is 171 g/mol. The van der Waals surface area contributed by atoms with Gasteiger partial charge in [0.1, 0.15) is 0 Å². The van der Waals surface area contributed by atoms with E-state index >= 15 is 0 Å². The molecule has 0 saturated heterocycles. The molecule has 0 radical (unpaired) electrons. The molecule has 14 heavy (non-hydrogen) atoms.